The molecule has 1 atom stereocenters. The minimum absolute atomic E-state index is 0.0794. The zero-order chi connectivity index (χ0) is 22.7. The van der Waals surface area contributed by atoms with Crippen LogP contribution in [0, 0.1) is 20.8 Å². The van der Waals surface area contributed by atoms with Crippen molar-refractivity contribution >= 4 is 23.4 Å². The van der Waals surface area contributed by atoms with Gasteiger partial charge in [-0.2, -0.15) is 0 Å². The van der Waals surface area contributed by atoms with Crippen LogP contribution in [-0.2, 0) is 4.79 Å². The molecule has 2 aromatic carbocycles. The van der Waals surface area contributed by atoms with E-state index < -0.39 is 0 Å². The van der Waals surface area contributed by atoms with Crippen molar-refractivity contribution in [3.63, 3.8) is 0 Å². The van der Waals surface area contributed by atoms with Crippen molar-refractivity contribution in [1.29, 1.82) is 0 Å². The van der Waals surface area contributed by atoms with E-state index in [4.69, 9.17) is 0 Å². The van der Waals surface area contributed by atoms with Gasteiger partial charge in [-0.3, -0.25) is 14.3 Å². The lowest BCUT2D eigenvalue weighted by Gasteiger charge is -2.16. The minimum Gasteiger partial charge on any atom is -0.325 e. The Morgan fingerprint density at radius 2 is 1.81 bits per heavy atom. The van der Waals surface area contributed by atoms with Crippen LogP contribution in [0.3, 0.4) is 0 Å². The summed E-state index contributed by atoms with van der Waals surface area (Å²) < 4.78 is 2.00. The highest BCUT2D eigenvalue weighted by atomic mass is 32.2. The third kappa shape index (κ3) is 4.57. The number of aromatic nitrogens is 4. The normalized spacial score (nSPS) is 11.9. The predicted molar refractivity (Wildman–Crippen MR) is 129 cm³/mol. The number of para-hydroxylation sites is 1. The van der Waals surface area contributed by atoms with Gasteiger partial charge in [-0.05, 0) is 63.1 Å². The third-order valence-corrected chi connectivity index (χ3v) is 6.24. The van der Waals surface area contributed by atoms with Crippen molar-refractivity contribution in [3.05, 3.63) is 83.7 Å². The molecule has 1 N–H and O–H groups in total. The third-order valence-electron chi connectivity index (χ3n) is 5.20. The molecule has 0 radical (unpaired) electrons. The molecule has 162 valence electrons. The SMILES string of the molecule is Cc1ccc(NC(=O)C(C)Sc2nnc(-c3cccnc3)n2-c2ccccc2C)c(C)c1. The highest BCUT2D eigenvalue weighted by molar-refractivity contribution is 8.00. The standard InChI is InChI=1S/C25H25N5OS/c1-16-11-12-21(18(3)14-16)27-24(31)19(4)32-25-29-28-23(20-9-7-13-26-15-20)30(25)22-10-6-5-8-17(22)2/h5-15,19H,1-4H3,(H,27,31). The van der Waals surface area contributed by atoms with Crippen LogP contribution in [-0.4, -0.2) is 30.9 Å². The summed E-state index contributed by atoms with van der Waals surface area (Å²) in [5, 5.41) is 12.2. The zero-order valence-electron chi connectivity index (χ0n) is 18.5. The van der Waals surface area contributed by atoms with Gasteiger partial charge in [0.05, 0.1) is 10.9 Å². The summed E-state index contributed by atoms with van der Waals surface area (Å²) >= 11 is 1.38. The first-order chi connectivity index (χ1) is 15.4. The number of amides is 1. The van der Waals surface area contributed by atoms with E-state index in [0.717, 1.165) is 33.6 Å². The summed E-state index contributed by atoms with van der Waals surface area (Å²) in [6.07, 6.45) is 3.50. The van der Waals surface area contributed by atoms with Crippen LogP contribution in [0.2, 0.25) is 0 Å². The minimum atomic E-state index is -0.371. The van der Waals surface area contributed by atoms with Gasteiger partial charge in [0.25, 0.3) is 0 Å². The molecule has 0 saturated carbocycles. The van der Waals surface area contributed by atoms with Crippen molar-refractivity contribution in [2.24, 2.45) is 0 Å². The summed E-state index contributed by atoms with van der Waals surface area (Å²) in [6, 6.07) is 17.9. The smallest absolute Gasteiger partial charge is 0.237 e. The number of nitrogens with zero attached hydrogens (tertiary/aromatic N) is 4. The molecule has 6 nitrogen and oxygen atoms in total. The van der Waals surface area contributed by atoms with E-state index in [1.807, 2.05) is 80.8 Å². The molecular formula is C25H25N5OS. The van der Waals surface area contributed by atoms with E-state index in [2.05, 4.69) is 26.6 Å². The number of thioether (sulfide) groups is 1. The fourth-order valence-electron chi connectivity index (χ4n) is 3.46. The molecule has 7 heteroatoms. The summed E-state index contributed by atoms with van der Waals surface area (Å²) in [5.74, 6) is 0.612. The van der Waals surface area contributed by atoms with Crippen LogP contribution < -0.4 is 5.32 Å². The molecule has 4 rings (SSSR count). The Labute approximate surface area is 192 Å². The van der Waals surface area contributed by atoms with E-state index in [1.54, 1.807) is 12.4 Å². The second-order valence-corrected chi connectivity index (χ2v) is 9.05. The quantitative estimate of drug-likeness (QED) is 0.405. The first-order valence-electron chi connectivity index (χ1n) is 10.4. The van der Waals surface area contributed by atoms with Gasteiger partial charge in [0, 0.05) is 23.6 Å². The molecule has 0 fully saturated rings. The number of carbonyl (C=O) groups excluding carboxylic acids is 1. The van der Waals surface area contributed by atoms with Gasteiger partial charge in [-0.15, -0.1) is 10.2 Å². The van der Waals surface area contributed by atoms with Crippen molar-refractivity contribution in [2.75, 3.05) is 5.32 Å². The van der Waals surface area contributed by atoms with Crippen LogP contribution in [0.15, 0.2) is 72.1 Å². The van der Waals surface area contributed by atoms with Gasteiger partial charge in [0.2, 0.25) is 5.91 Å². The topological polar surface area (TPSA) is 72.7 Å². The zero-order valence-corrected chi connectivity index (χ0v) is 19.4. The lowest BCUT2D eigenvalue weighted by Crippen LogP contribution is -2.23. The van der Waals surface area contributed by atoms with Crippen molar-refractivity contribution in [3.8, 4) is 17.1 Å². The van der Waals surface area contributed by atoms with Gasteiger partial charge >= 0.3 is 0 Å². The van der Waals surface area contributed by atoms with Gasteiger partial charge in [0.15, 0.2) is 11.0 Å². The van der Waals surface area contributed by atoms with Gasteiger partial charge in [0.1, 0.15) is 0 Å². The van der Waals surface area contributed by atoms with Gasteiger partial charge in [-0.1, -0.05) is 47.7 Å². The van der Waals surface area contributed by atoms with E-state index in [1.165, 1.54) is 11.8 Å². The molecule has 0 aliphatic rings. The lowest BCUT2D eigenvalue weighted by atomic mass is 10.1. The summed E-state index contributed by atoms with van der Waals surface area (Å²) in [6.45, 7) is 7.96. The summed E-state index contributed by atoms with van der Waals surface area (Å²) in [7, 11) is 0. The molecule has 0 spiro atoms. The fourth-order valence-corrected chi connectivity index (χ4v) is 4.32. The molecule has 32 heavy (non-hydrogen) atoms. The molecule has 0 aliphatic carbocycles. The van der Waals surface area contributed by atoms with Crippen LogP contribution in [0.25, 0.3) is 17.1 Å². The number of nitrogens with one attached hydrogen (secondary N) is 1. The van der Waals surface area contributed by atoms with Crippen molar-refractivity contribution < 1.29 is 4.79 Å². The second-order valence-electron chi connectivity index (χ2n) is 7.74. The summed E-state index contributed by atoms with van der Waals surface area (Å²) in [4.78, 5) is 17.2. The Bertz CT molecular complexity index is 1250. The highest BCUT2D eigenvalue weighted by Gasteiger charge is 2.23. The number of hydrogen-bond donors (Lipinski definition) is 1. The Kier molecular flexibility index (Phi) is 6.37. The Morgan fingerprint density at radius 1 is 1.00 bits per heavy atom. The lowest BCUT2D eigenvalue weighted by molar-refractivity contribution is -0.115. The number of rotatable bonds is 6. The monoisotopic (exact) mass is 443 g/mol. The van der Waals surface area contributed by atoms with Gasteiger partial charge in [-0.25, -0.2) is 0 Å². The number of pyridine rings is 1. The number of aryl methyl sites for hydroxylation is 3. The maximum atomic E-state index is 12.9. The van der Waals surface area contributed by atoms with Crippen molar-refractivity contribution in [2.45, 2.75) is 38.1 Å². The number of carbonyl (C=O) groups is 1. The van der Waals surface area contributed by atoms with E-state index in [9.17, 15) is 4.79 Å². The molecule has 2 aromatic heterocycles. The molecule has 1 unspecified atom stereocenters. The average Bonchev–Trinajstić information content (AvgIpc) is 3.19. The number of hydrogen-bond acceptors (Lipinski definition) is 5. The number of anilines is 1. The molecular weight excluding hydrogens is 418 g/mol. The number of benzene rings is 2. The molecule has 2 heterocycles. The van der Waals surface area contributed by atoms with E-state index >= 15 is 0 Å². The van der Waals surface area contributed by atoms with Crippen molar-refractivity contribution in [1.82, 2.24) is 19.7 Å². The Hall–Kier alpha value is -3.45. The fraction of sp³-hybridized carbons (Fsp3) is 0.200. The maximum Gasteiger partial charge on any atom is 0.237 e. The Balaban J connectivity index is 1.65. The first-order valence-corrected chi connectivity index (χ1v) is 11.3. The highest BCUT2D eigenvalue weighted by Crippen LogP contribution is 2.31. The first kappa shape index (κ1) is 21.8. The molecule has 0 bridgehead atoms. The van der Waals surface area contributed by atoms with Crippen LogP contribution >= 0.6 is 11.8 Å². The average molecular weight is 444 g/mol. The van der Waals surface area contributed by atoms with Crippen LogP contribution in [0.1, 0.15) is 23.6 Å². The largest absolute Gasteiger partial charge is 0.325 e. The predicted octanol–water partition coefficient (Wildman–Crippen LogP) is 5.37. The Morgan fingerprint density at radius 3 is 2.53 bits per heavy atom. The maximum absolute atomic E-state index is 12.9. The summed E-state index contributed by atoms with van der Waals surface area (Å²) in [5.41, 5.74) is 5.95. The van der Waals surface area contributed by atoms with Crippen LogP contribution in [0.5, 0.6) is 0 Å². The second kappa shape index (κ2) is 9.36. The van der Waals surface area contributed by atoms with E-state index in [0.29, 0.717) is 11.0 Å². The molecule has 0 aliphatic heterocycles. The molecule has 4 aromatic rings. The van der Waals surface area contributed by atoms with Gasteiger partial charge < -0.3 is 5.32 Å². The molecule has 0 saturated heterocycles. The van der Waals surface area contributed by atoms with E-state index in [-0.39, 0.29) is 11.2 Å². The molecule has 1 amide bonds. The van der Waals surface area contributed by atoms with Crippen LogP contribution in [0.4, 0.5) is 5.69 Å².